The number of carbonyl (C=O) groups is 2. The first-order chi connectivity index (χ1) is 12.2. The van der Waals surface area contributed by atoms with Crippen LogP contribution in [0.1, 0.15) is 38.9 Å². The Morgan fingerprint density at radius 3 is 2.64 bits per heavy atom. The molecule has 0 radical (unpaired) electrons. The van der Waals surface area contributed by atoms with E-state index in [4.69, 9.17) is 0 Å². The lowest BCUT2D eigenvalue weighted by Gasteiger charge is -2.25. The van der Waals surface area contributed by atoms with Gasteiger partial charge in [0.2, 0.25) is 11.8 Å². The Balaban J connectivity index is 1.81. The van der Waals surface area contributed by atoms with Crippen molar-refractivity contribution >= 4 is 17.8 Å². The van der Waals surface area contributed by atoms with Crippen LogP contribution in [-0.2, 0) is 22.6 Å². The minimum atomic E-state index is -0.0836. The summed E-state index contributed by atoms with van der Waals surface area (Å²) in [6.45, 7) is 6.91. The molecule has 0 aliphatic carbocycles. The number of imide groups is 1. The third-order valence-corrected chi connectivity index (χ3v) is 3.98. The van der Waals surface area contributed by atoms with E-state index in [9.17, 15) is 9.59 Å². The predicted molar refractivity (Wildman–Crippen MR) is 94.0 cm³/mol. The summed E-state index contributed by atoms with van der Waals surface area (Å²) in [4.78, 5) is 29.4. The number of guanidine groups is 1. The number of hydrogen-bond donors (Lipinski definition) is 2. The van der Waals surface area contributed by atoms with Crippen LogP contribution in [0.25, 0.3) is 0 Å². The molecule has 0 atom stereocenters. The van der Waals surface area contributed by atoms with Gasteiger partial charge < -0.3 is 15.2 Å². The van der Waals surface area contributed by atoms with Crippen LogP contribution < -0.4 is 10.6 Å². The van der Waals surface area contributed by atoms with E-state index in [2.05, 4.69) is 25.8 Å². The molecule has 25 heavy (non-hydrogen) atoms. The maximum absolute atomic E-state index is 11.8. The van der Waals surface area contributed by atoms with Gasteiger partial charge in [-0.15, -0.1) is 10.2 Å². The molecule has 1 aliphatic rings. The zero-order valence-corrected chi connectivity index (χ0v) is 15.0. The third-order valence-electron chi connectivity index (χ3n) is 3.98. The van der Waals surface area contributed by atoms with Gasteiger partial charge in [0.1, 0.15) is 12.2 Å². The summed E-state index contributed by atoms with van der Waals surface area (Å²) in [5, 5.41) is 14.3. The quantitative estimate of drug-likeness (QED) is 0.387. The van der Waals surface area contributed by atoms with Crippen LogP contribution in [0.15, 0.2) is 11.3 Å². The van der Waals surface area contributed by atoms with Gasteiger partial charge >= 0.3 is 0 Å². The molecule has 2 amide bonds. The first kappa shape index (κ1) is 18.9. The minimum absolute atomic E-state index is 0.0836. The van der Waals surface area contributed by atoms with Crippen molar-refractivity contribution in [3.8, 4) is 0 Å². The average molecular weight is 349 g/mol. The number of likely N-dealkylation sites (tertiary alicyclic amines) is 1. The molecule has 9 heteroatoms. The largest absolute Gasteiger partial charge is 0.357 e. The normalized spacial score (nSPS) is 15.6. The summed E-state index contributed by atoms with van der Waals surface area (Å²) >= 11 is 0. The predicted octanol–water partition coefficient (Wildman–Crippen LogP) is -0.0653. The van der Waals surface area contributed by atoms with Crippen LogP contribution >= 0.6 is 0 Å². The average Bonchev–Trinajstić information content (AvgIpc) is 3.05. The summed E-state index contributed by atoms with van der Waals surface area (Å²) < 4.78 is 1.98. The lowest BCUT2D eigenvalue weighted by Crippen LogP contribution is -2.46. The fraction of sp³-hybridized carbons (Fsp3) is 0.688. The van der Waals surface area contributed by atoms with E-state index in [1.54, 1.807) is 6.33 Å². The lowest BCUT2D eigenvalue weighted by atomic mass is 10.1. The molecular formula is C16H27N7O2. The molecule has 0 unspecified atom stereocenters. The number of carbonyl (C=O) groups excluding carboxylic acids is 2. The maximum atomic E-state index is 11.8. The van der Waals surface area contributed by atoms with Crippen molar-refractivity contribution < 1.29 is 9.59 Å². The van der Waals surface area contributed by atoms with Gasteiger partial charge in [-0.2, -0.15) is 0 Å². The van der Waals surface area contributed by atoms with Crippen LogP contribution in [0.5, 0.6) is 0 Å². The van der Waals surface area contributed by atoms with E-state index >= 15 is 0 Å². The molecule has 1 fully saturated rings. The number of aryl methyl sites for hydroxylation is 1. The number of hydrogen-bond acceptors (Lipinski definition) is 5. The molecular weight excluding hydrogens is 322 g/mol. The first-order valence-corrected chi connectivity index (χ1v) is 8.87. The van der Waals surface area contributed by atoms with Crippen molar-refractivity contribution in [2.45, 2.75) is 46.1 Å². The van der Waals surface area contributed by atoms with E-state index in [0.29, 0.717) is 51.4 Å². The van der Waals surface area contributed by atoms with Crippen LogP contribution in [-0.4, -0.2) is 63.6 Å². The van der Waals surface area contributed by atoms with Crippen molar-refractivity contribution in [1.82, 2.24) is 30.3 Å². The Bertz CT molecular complexity index is 595. The summed E-state index contributed by atoms with van der Waals surface area (Å²) in [6.07, 6.45) is 4.12. The van der Waals surface area contributed by atoms with Crippen LogP contribution in [0, 0.1) is 0 Å². The molecule has 2 rings (SSSR count). The molecule has 0 saturated carbocycles. The first-order valence-electron chi connectivity index (χ1n) is 8.87. The second-order valence-corrected chi connectivity index (χ2v) is 5.77. The number of rotatable bonds is 8. The second kappa shape index (κ2) is 9.75. The zero-order chi connectivity index (χ0) is 18.1. The Hall–Kier alpha value is -2.45. The van der Waals surface area contributed by atoms with Gasteiger partial charge in [-0.05, 0) is 13.3 Å². The van der Waals surface area contributed by atoms with Gasteiger partial charge in [0, 0.05) is 45.4 Å². The van der Waals surface area contributed by atoms with E-state index in [1.807, 2.05) is 18.4 Å². The molecule has 1 saturated heterocycles. The summed E-state index contributed by atoms with van der Waals surface area (Å²) in [5.41, 5.74) is 0. The molecule has 9 nitrogen and oxygen atoms in total. The fourth-order valence-corrected chi connectivity index (χ4v) is 2.69. The smallest absolute Gasteiger partial charge is 0.229 e. The highest BCUT2D eigenvalue weighted by Gasteiger charge is 2.25. The van der Waals surface area contributed by atoms with Crippen LogP contribution in [0.3, 0.4) is 0 Å². The summed E-state index contributed by atoms with van der Waals surface area (Å²) in [5.74, 6) is 1.44. The summed E-state index contributed by atoms with van der Waals surface area (Å²) in [7, 11) is 0. The van der Waals surface area contributed by atoms with Gasteiger partial charge in [0.15, 0.2) is 5.96 Å². The number of nitrogens with one attached hydrogen (secondary N) is 2. The van der Waals surface area contributed by atoms with Crippen molar-refractivity contribution in [2.24, 2.45) is 4.99 Å². The third kappa shape index (κ3) is 5.54. The molecule has 0 aromatic carbocycles. The molecule has 2 N–H and O–H groups in total. The Labute approximate surface area is 147 Å². The van der Waals surface area contributed by atoms with Gasteiger partial charge in [0.05, 0.1) is 6.54 Å². The topological polar surface area (TPSA) is 105 Å². The number of aromatic nitrogens is 3. The highest BCUT2D eigenvalue weighted by molar-refractivity contribution is 5.97. The highest BCUT2D eigenvalue weighted by Crippen LogP contribution is 2.11. The van der Waals surface area contributed by atoms with Crippen molar-refractivity contribution in [3.63, 3.8) is 0 Å². The fourth-order valence-electron chi connectivity index (χ4n) is 2.69. The molecule has 138 valence electrons. The van der Waals surface area contributed by atoms with Crippen LogP contribution in [0.4, 0.5) is 0 Å². The van der Waals surface area contributed by atoms with Gasteiger partial charge in [0.25, 0.3) is 0 Å². The van der Waals surface area contributed by atoms with Crippen LogP contribution in [0.2, 0.25) is 0 Å². The number of nitrogens with zero attached hydrogens (tertiary/aromatic N) is 5. The molecule has 0 spiro atoms. The number of piperidine rings is 1. The van der Waals surface area contributed by atoms with Gasteiger partial charge in [-0.1, -0.05) is 6.92 Å². The monoisotopic (exact) mass is 349 g/mol. The van der Waals surface area contributed by atoms with E-state index in [1.165, 1.54) is 4.90 Å². The molecule has 0 bridgehead atoms. The van der Waals surface area contributed by atoms with Crippen molar-refractivity contribution in [1.29, 1.82) is 0 Å². The number of amides is 2. The maximum Gasteiger partial charge on any atom is 0.229 e. The molecule has 1 aromatic heterocycles. The lowest BCUT2D eigenvalue weighted by molar-refractivity contribution is -0.147. The zero-order valence-electron chi connectivity index (χ0n) is 15.0. The second-order valence-electron chi connectivity index (χ2n) is 5.77. The van der Waals surface area contributed by atoms with E-state index in [-0.39, 0.29) is 11.8 Å². The molecule has 2 heterocycles. The van der Waals surface area contributed by atoms with Crippen molar-refractivity contribution in [3.05, 3.63) is 12.2 Å². The standard InChI is InChI=1S/C16H27N7O2/c1-3-13-21-20-12-22(13)10-8-18-16(17-4-2)19-9-11-23-14(24)6-5-7-15(23)25/h12H,3-11H2,1-2H3,(H2,17,18,19). The highest BCUT2D eigenvalue weighted by atomic mass is 16.2. The Kier molecular flexibility index (Phi) is 7.36. The number of aliphatic imine (C=N–C) groups is 1. The SMILES string of the molecule is CCNC(=NCCn1cnnc1CC)NCCN1C(=O)CCCC1=O. The van der Waals surface area contributed by atoms with Gasteiger partial charge in [-0.25, -0.2) is 0 Å². The van der Waals surface area contributed by atoms with E-state index in [0.717, 1.165) is 18.8 Å². The Morgan fingerprint density at radius 2 is 1.96 bits per heavy atom. The molecule has 1 aliphatic heterocycles. The van der Waals surface area contributed by atoms with Gasteiger partial charge in [-0.3, -0.25) is 19.5 Å². The van der Waals surface area contributed by atoms with E-state index < -0.39 is 0 Å². The molecule has 1 aromatic rings. The minimum Gasteiger partial charge on any atom is -0.357 e. The Morgan fingerprint density at radius 1 is 1.20 bits per heavy atom. The summed E-state index contributed by atoms with van der Waals surface area (Å²) in [6, 6.07) is 0. The van der Waals surface area contributed by atoms with Crippen molar-refractivity contribution in [2.75, 3.05) is 26.2 Å².